The fourth-order valence-corrected chi connectivity index (χ4v) is 1.97. The first-order valence-electron chi connectivity index (χ1n) is 5.07. The second kappa shape index (κ2) is 7.12. The first-order valence-corrected chi connectivity index (χ1v) is 6.12. The molecule has 0 bridgehead atoms. The van der Waals surface area contributed by atoms with Gasteiger partial charge in [0, 0.05) is 17.0 Å². The molecule has 2 atom stereocenters. The average molecular weight is 219 g/mol. The van der Waals surface area contributed by atoms with Gasteiger partial charge in [0.25, 0.3) is 0 Å². The van der Waals surface area contributed by atoms with E-state index in [4.69, 9.17) is 5.11 Å². The molecule has 0 spiro atoms. The number of rotatable bonds is 7. The molecule has 0 aromatic heterocycles. The van der Waals surface area contributed by atoms with Crippen LogP contribution in [0.25, 0.3) is 0 Å². The van der Waals surface area contributed by atoms with E-state index in [-0.39, 0.29) is 6.04 Å². The molecular weight excluding hydrogens is 198 g/mol. The predicted octanol–water partition coefficient (Wildman–Crippen LogP) is 1.97. The van der Waals surface area contributed by atoms with E-state index in [1.54, 1.807) is 11.8 Å². The maximum Gasteiger partial charge on any atom is 0.321 e. The van der Waals surface area contributed by atoms with Gasteiger partial charge in [-0.15, -0.1) is 0 Å². The zero-order chi connectivity index (χ0) is 11.1. The lowest BCUT2D eigenvalue weighted by Gasteiger charge is -2.18. The van der Waals surface area contributed by atoms with Crippen molar-refractivity contribution in [3.8, 4) is 0 Å². The van der Waals surface area contributed by atoms with Crippen LogP contribution in [-0.4, -0.2) is 34.2 Å². The van der Waals surface area contributed by atoms with Crippen LogP contribution in [-0.2, 0) is 4.79 Å². The van der Waals surface area contributed by atoms with Crippen molar-refractivity contribution in [3.05, 3.63) is 0 Å². The number of carboxylic acid groups (broad SMARTS) is 1. The van der Waals surface area contributed by atoms with Crippen LogP contribution in [0.4, 0.5) is 0 Å². The van der Waals surface area contributed by atoms with Gasteiger partial charge < -0.3 is 10.4 Å². The molecule has 0 aromatic carbocycles. The van der Waals surface area contributed by atoms with Crippen molar-refractivity contribution in [2.75, 3.05) is 5.75 Å². The highest BCUT2D eigenvalue weighted by atomic mass is 32.2. The number of hydrogen-bond acceptors (Lipinski definition) is 3. The molecule has 0 saturated heterocycles. The number of thioether (sulfide) groups is 1. The van der Waals surface area contributed by atoms with E-state index in [0.717, 1.165) is 6.42 Å². The van der Waals surface area contributed by atoms with Crippen LogP contribution in [0, 0.1) is 0 Å². The fourth-order valence-electron chi connectivity index (χ4n) is 0.971. The third kappa shape index (κ3) is 6.27. The van der Waals surface area contributed by atoms with Crippen molar-refractivity contribution < 1.29 is 9.90 Å². The summed E-state index contributed by atoms with van der Waals surface area (Å²) in [6, 6.07) is -0.206. The summed E-state index contributed by atoms with van der Waals surface area (Å²) in [5.41, 5.74) is 0. The minimum Gasteiger partial charge on any atom is -0.480 e. The van der Waals surface area contributed by atoms with E-state index >= 15 is 0 Å². The Labute approximate surface area is 90.7 Å². The molecule has 0 aliphatic heterocycles. The molecule has 3 nitrogen and oxygen atoms in total. The topological polar surface area (TPSA) is 49.3 Å². The zero-order valence-corrected chi connectivity index (χ0v) is 10.2. The summed E-state index contributed by atoms with van der Waals surface area (Å²) < 4.78 is 0. The first-order chi connectivity index (χ1) is 6.47. The Hall–Kier alpha value is -0.220. The minimum absolute atomic E-state index is 0.216. The number of carboxylic acids is 1. The number of nitrogens with one attached hydrogen (secondary N) is 1. The molecule has 14 heavy (non-hydrogen) atoms. The van der Waals surface area contributed by atoms with Gasteiger partial charge in [-0.05, 0) is 6.42 Å². The predicted molar refractivity (Wildman–Crippen MR) is 61.9 cm³/mol. The lowest BCUT2D eigenvalue weighted by Crippen LogP contribution is -2.42. The summed E-state index contributed by atoms with van der Waals surface area (Å²) in [5, 5.41) is 12.5. The monoisotopic (exact) mass is 219 g/mol. The number of aliphatic carboxylic acids is 1. The van der Waals surface area contributed by atoms with Crippen LogP contribution < -0.4 is 5.32 Å². The second-order valence-electron chi connectivity index (χ2n) is 3.76. The van der Waals surface area contributed by atoms with Crippen LogP contribution in [0.2, 0.25) is 0 Å². The maximum absolute atomic E-state index is 10.9. The second-order valence-corrected chi connectivity index (χ2v) is 5.24. The van der Waals surface area contributed by atoms with Crippen LogP contribution in [0.5, 0.6) is 0 Å². The normalized spacial score (nSPS) is 15.5. The van der Waals surface area contributed by atoms with E-state index < -0.39 is 12.0 Å². The van der Waals surface area contributed by atoms with Gasteiger partial charge in [0.15, 0.2) is 0 Å². The summed E-state index contributed by atoms with van der Waals surface area (Å²) in [7, 11) is 0. The number of hydrogen-bond donors (Lipinski definition) is 2. The Balaban J connectivity index is 3.91. The Kier molecular flexibility index (Phi) is 7.01. The highest BCUT2D eigenvalue weighted by molar-refractivity contribution is 7.99. The van der Waals surface area contributed by atoms with Gasteiger partial charge in [-0.1, -0.05) is 27.7 Å². The fraction of sp³-hybridized carbons (Fsp3) is 0.900. The third-order valence-electron chi connectivity index (χ3n) is 1.95. The van der Waals surface area contributed by atoms with Gasteiger partial charge in [0.2, 0.25) is 0 Å². The SMILES string of the molecule is CCC(C)SCC(NC(C)C)C(=O)O. The molecule has 0 saturated carbocycles. The molecule has 0 fully saturated rings. The lowest BCUT2D eigenvalue weighted by atomic mass is 10.3. The van der Waals surface area contributed by atoms with E-state index in [2.05, 4.69) is 19.2 Å². The quantitative estimate of drug-likeness (QED) is 0.687. The van der Waals surface area contributed by atoms with Gasteiger partial charge >= 0.3 is 5.97 Å². The molecule has 0 amide bonds. The maximum atomic E-state index is 10.9. The first kappa shape index (κ1) is 13.8. The van der Waals surface area contributed by atoms with Crippen molar-refractivity contribution in [2.45, 2.75) is 51.4 Å². The van der Waals surface area contributed by atoms with Crippen molar-refractivity contribution in [1.29, 1.82) is 0 Å². The molecule has 84 valence electrons. The molecule has 0 aromatic rings. The van der Waals surface area contributed by atoms with Crippen molar-refractivity contribution in [2.24, 2.45) is 0 Å². The van der Waals surface area contributed by atoms with Crippen LogP contribution in [0.1, 0.15) is 34.1 Å². The summed E-state index contributed by atoms with van der Waals surface area (Å²) in [6.07, 6.45) is 1.08. The highest BCUT2D eigenvalue weighted by Gasteiger charge is 2.18. The van der Waals surface area contributed by atoms with E-state index in [0.29, 0.717) is 11.0 Å². The van der Waals surface area contributed by atoms with Crippen molar-refractivity contribution >= 4 is 17.7 Å². The van der Waals surface area contributed by atoms with Gasteiger partial charge in [0.05, 0.1) is 0 Å². The molecule has 0 radical (unpaired) electrons. The average Bonchev–Trinajstić information content (AvgIpc) is 2.10. The van der Waals surface area contributed by atoms with Crippen LogP contribution in [0.15, 0.2) is 0 Å². The largest absolute Gasteiger partial charge is 0.480 e. The summed E-state index contributed by atoms with van der Waals surface area (Å²) in [4.78, 5) is 10.9. The Bertz CT molecular complexity index is 174. The summed E-state index contributed by atoms with van der Waals surface area (Å²) in [5.74, 6) is -0.114. The molecule has 2 N–H and O–H groups in total. The van der Waals surface area contributed by atoms with E-state index in [9.17, 15) is 4.79 Å². The Morgan fingerprint density at radius 3 is 2.36 bits per heavy atom. The molecule has 0 aliphatic rings. The minimum atomic E-state index is -0.755. The van der Waals surface area contributed by atoms with E-state index in [1.807, 2.05) is 13.8 Å². The van der Waals surface area contributed by atoms with Gasteiger partial charge in [-0.3, -0.25) is 4.79 Å². The molecular formula is C10H21NO2S. The molecule has 0 heterocycles. The van der Waals surface area contributed by atoms with Crippen LogP contribution >= 0.6 is 11.8 Å². The van der Waals surface area contributed by atoms with Crippen molar-refractivity contribution in [1.82, 2.24) is 5.32 Å². The molecule has 0 rings (SSSR count). The molecule has 2 unspecified atom stereocenters. The Morgan fingerprint density at radius 2 is 2.00 bits per heavy atom. The molecule has 0 aliphatic carbocycles. The van der Waals surface area contributed by atoms with Crippen LogP contribution in [0.3, 0.4) is 0 Å². The standard InChI is InChI=1S/C10H21NO2S/c1-5-8(4)14-6-9(10(12)13)11-7(2)3/h7-9,11H,5-6H2,1-4H3,(H,12,13). The summed E-state index contributed by atoms with van der Waals surface area (Å²) >= 11 is 1.71. The zero-order valence-electron chi connectivity index (χ0n) is 9.41. The van der Waals surface area contributed by atoms with Gasteiger partial charge in [0.1, 0.15) is 6.04 Å². The molecule has 4 heteroatoms. The van der Waals surface area contributed by atoms with Crippen molar-refractivity contribution in [3.63, 3.8) is 0 Å². The number of carbonyl (C=O) groups is 1. The Morgan fingerprint density at radius 1 is 1.43 bits per heavy atom. The summed E-state index contributed by atoms with van der Waals surface area (Å²) in [6.45, 7) is 8.16. The highest BCUT2D eigenvalue weighted by Crippen LogP contribution is 2.14. The van der Waals surface area contributed by atoms with Gasteiger partial charge in [-0.25, -0.2) is 0 Å². The lowest BCUT2D eigenvalue weighted by molar-refractivity contribution is -0.139. The smallest absolute Gasteiger partial charge is 0.321 e. The van der Waals surface area contributed by atoms with Gasteiger partial charge in [-0.2, -0.15) is 11.8 Å². The third-order valence-corrected chi connectivity index (χ3v) is 3.38. The van der Waals surface area contributed by atoms with E-state index in [1.165, 1.54) is 0 Å².